The highest BCUT2D eigenvalue weighted by Crippen LogP contribution is 2.25. The molecule has 0 aliphatic carbocycles. The first kappa shape index (κ1) is 25.6. The van der Waals surface area contributed by atoms with Crippen LogP contribution in [0.25, 0.3) is 0 Å². The Morgan fingerprint density at radius 3 is 2.50 bits per heavy atom. The zero-order chi connectivity index (χ0) is 24.9. The van der Waals surface area contributed by atoms with Gasteiger partial charge in [0.05, 0.1) is 23.3 Å². The van der Waals surface area contributed by atoms with Gasteiger partial charge in [0.2, 0.25) is 0 Å². The lowest BCUT2D eigenvalue weighted by Gasteiger charge is -2.36. The molecule has 0 aromatic heterocycles. The van der Waals surface area contributed by atoms with Gasteiger partial charge in [-0.3, -0.25) is 9.10 Å². The number of carbonyl (C=O) groups is 2. The van der Waals surface area contributed by atoms with Crippen molar-refractivity contribution in [3.8, 4) is 5.75 Å². The van der Waals surface area contributed by atoms with E-state index in [1.807, 2.05) is 6.92 Å². The first-order valence-electron chi connectivity index (χ1n) is 11.4. The van der Waals surface area contributed by atoms with Crippen molar-refractivity contribution in [2.24, 2.45) is 0 Å². The SMILES string of the molecule is CCC1CCCCN1C(=O)C(C)OC(=O)c1cccc(S(=O)(=O)N(C)c2ccc(OC)cc2)c1. The van der Waals surface area contributed by atoms with Crippen LogP contribution >= 0.6 is 0 Å². The molecule has 0 radical (unpaired) electrons. The molecular weight excluding hydrogens is 456 g/mol. The number of rotatable bonds is 8. The van der Waals surface area contributed by atoms with Gasteiger partial charge in [-0.2, -0.15) is 0 Å². The Labute approximate surface area is 201 Å². The second kappa shape index (κ2) is 10.9. The third-order valence-corrected chi connectivity index (χ3v) is 7.96. The normalized spacial score (nSPS) is 17.1. The highest BCUT2D eigenvalue weighted by atomic mass is 32.2. The van der Waals surface area contributed by atoms with E-state index in [-0.39, 0.29) is 22.4 Å². The van der Waals surface area contributed by atoms with Crippen LogP contribution in [0.15, 0.2) is 53.4 Å². The van der Waals surface area contributed by atoms with Crippen molar-refractivity contribution in [1.29, 1.82) is 0 Å². The molecule has 1 aliphatic heterocycles. The Kier molecular flexibility index (Phi) is 8.19. The molecule has 1 fully saturated rings. The molecule has 34 heavy (non-hydrogen) atoms. The molecule has 9 heteroatoms. The monoisotopic (exact) mass is 488 g/mol. The average molecular weight is 489 g/mol. The van der Waals surface area contributed by atoms with Crippen LogP contribution in [0.1, 0.15) is 49.9 Å². The molecule has 2 atom stereocenters. The van der Waals surface area contributed by atoms with Crippen molar-refractivity contribution in [3.05, 3.63) is 54.1 Å². The van der Waals surface area contributed by atoms with E-state index in [1.54, 1.807) is 36.1 Å². The van der Waals surface area contributed by atoms with Crippen LogP contribution < -0.4 is 9.04 Å². The van der Waals surface area contributed by atoms with Crippen LogP contribution in [-0.2, 0) is 19.6 Å². The number of likely N-dealkylation sites (tertiary alicyclic amines) is 1. The van der Waals surface area contributed by atoms with Crippen molar-refractivity contribution in [2.45, 2.75) is 56.6 Å². The third kappa shape index (κ3) is 5.52. The molecule has 2 unspecified atom stereocenters. The second-order valence-corrected chi connectivity index (χ2v) is 10.3. The summed E-state index contributed by atoms with van der Waals surface area (Å²) in [7, 11) is -0.964. The highest BCUT2D eigenvalue weighted by Gasteiger charge is 2.31. The van der Waals surface area contributed by atoms with Crippen LogP contribution in [0.3, 0.4) is 0 Å². The summed E-state index contributed by atoms with van der Waals surface area (Å²) in [5.74, 6) is -0.351. The third-order valence-electron chi connectivity index (χ3n) is 6.18. The maximum Gasteiger partial charge on any atom is 0.338 e. The summed E-state index contributed by atoms with van der Waals surface area (Å²) in [6, 6.07) is 12.4. The van der Waals surface area contributed by atoms with Crippen LogP contribution in [0, 0.1) is 0 Å². The fourth-order valence-corrected chi connectivity index (χ4v) is 5.34. The summed E-state index contributed by atoms with van der Waals surface area (Å²) in [6.45, 7) is 4.26. The molecule has 0 saturated carbocycles. The van der Waals surface area contributed by atoms with E-state index >= 15 is 0 Å². The number of esters is 1. The van der Waals surface area contributed by atoms with Crippen LogP contribution in [0.4, 0.5) is 5.69 Å². The Hall–Kier alpha value is -3.07. The maximum atomic E-state index is 13.1. The van der Waals surface area contributed by atoms with Gasteiger partial charge >= 0.3 is 5.97 Å². The van der Waals surface area contributed by atoms with Crippen molar-refractivity contribution in [1.82, 2.24) is 4.90 Å². The Bertz CT molecular complexity index is 1120. The molecular formula is C25H32N2O6S. The van der Waals surface area contributed by atoms with E-state index in [0.29, 0.717) is 18.0 Å². The summed E-state index contributed by atoms with van der Waals surface area (Å²) in [4.78, 5) is 27.4. The number of benzene rings is 2. The lowest BCUT2D eigenvalue weighted by atomic mass is 9.99. The van der Waals surface area contributed by atoms with Crippen LogP contribution in [-0.4, -0.2) is 58.0 Å². The summed E-state index contributed by atoms with van der Waals surface area (Å²) in [6.07, 6.45) is 2.87. The molecule has 3 rings (SSSR count). The second-order valence-electron chi connectivity index (χ2n) is 8.34. The van der Waals surface area contributed by atoms with Gasteiger partial charge in [-0.25, -0.2) is 13.2 Å². The molecule has 1 aliphatic rings. The number of anilines is 1. The highest BCUT2D eigenvalue weighted by molar-refractivity contribution is 7.92. The zero-order valence-electron chi connectivity index (χ0n) is 20.1. The molecule has 0 bridgehead atoms. The maximum absolute atomic E-state index is 13.1. The smallest absolute Gasteiger partial charge is 0.338 e. The molecule has 0 spiro atoms. The minimum Gasteiger partial charge on any atom is -0.497 e. The number of nitrogens with zero attached hydrogens (tertiary/aromatic N) is 2. The molecule has 0 N–H and O–H groups in total. The standard InChI is InChI=1S/C25H32N2O6S/c1-5-20-10-6-7-16-27(20)24(28)18(2)33-25(29)19-9-8-11-23(17-19)34(30,31)26(3)21-12-14-22(32-4)15-13-21/h8-9,11-15,17-18,20H,5-7,10,16H2,1-4H3. The van der Waals surface area contributed by atoms with Crippen molar-refractivity contribution >= 4 is 27.6 Å². The summed E-state index contributed by atoms with van der Waals surface area (Å²) in [5, 5.41) is 0. The van der Waals surface area contributed by atoms with Gasteiger partial charge in [-0.1, -0.05) is 13.0 Å². The lowest BCUT2D eigenvalue weighted by molar-refractivity contribution is -0.143. The number of methoxy groups -OCH3 is 1. The number of piperidine rings is 1. The zero-order valence-corrected chi connectivity index (χ0v) is 20.9. The Morgan fingerprint density at radius 1 is 1.15 bits per heavy atom. The number of amides is 1. The van der Waals surface area contributed by atoms with E-state index in [0.717, 1.165) is 30.0 Å². The van der Waals surface area contributed by atoms with Gasteiger partial charge in [0, 0.05) is 19.6 Å². The number of carbonyl (C=O) groups excluding carboxylic acids is 2. The van der Waals surface area contributed by atoms with E-state index in [1.165, 1.54) is 38.4 Å². The van der Waals surface area contributed by atoms with Crippen molar-refractivity contribution in [2.75, 3.05) is 25.0 Å². The van der Waals surface area contributed by atoms with E-state index in [9.17, 15) is 18.0 Å². The van der Waals surface area contributed by atoms with Gasteiger partial charge < -0.3 is 14.4 Å². The largest absolute Gasteiger partial charge is 0.497 e. The van der Waals surface area contributed by atoms with Gasteiger partial charge in [0.1, 0.15) is 5.75 Å². The van der Waals surface area contributed by atoms with Gasteiger partial charge in [0.25, 0.3) is 15.9 Å². The molecule has 1 amide bonds. The quantitative estimate of drug-likeness (QED) is 0.524. The summed E-state index contributed by atoms with van der Waals surface area (Å²) in [5.41, 5.74) is 0.509. The number of hydrogen-bond acceptors (Lipinski definition) is 6. The van der Waals surface area contributed by atoms with Crippen LogP contribution in [0.2, 0.25) is 0 Å². The molecule has 1 saturated heterocycles. The predicted octanol–water partition coefficient (Wildman–Crippen LogP) is 3.86. The number of ether oxygens (including phenoxy) is 2. The van der Waals surface area contributed by atoms with Crippen molar-refractivity contribution in [3.63, 3.8) is 0 Å². The number of hydrogen-bond donors (Lipinski definition) is 0. The van der Waals surface area contributed by atoms with Gasteiger partial charge in [-0.15, -0.1) is 0 Å². The molecule has 1 heterocycles. The molecule has 184 valence electrons. The summed E-state index contributed by atoms with van der Waals surface area (Å²) >= 11 is 0. The fraction of sp³-hybridized carbons (Fsp3) is 0.440. The average Bonchev–Trinajstić information content (AvgIpc) is 2.87. The minimum absolute atomic E-state index is 0.0543. The Balaban J connectivity index is 1.74. The summed E-state index contributed by atoms with van der Waals surface area (Å²) < 4.78 is 38.0. The van der Waals surface area contributed by atoms with E-state index in [2.05, 4.69) is 0 Å². The van der Waals surface area contributed by atoms with E-state index < -0.39 is 22.1 Å². The first-order valence-corrected chi connectivity index (χ1v) is 12.9. The predicted molar refractivity (Wildman–Crippen MR) is 130 cm³/mol. The first-order chi connectivity index (χ1) is 16.2. The topological polar surface area (TPSA) is 93.2 Å². The lowest BCUT2D eigenvalue weighted by Crippen LogP contribution is -2.48. The van der Waals surface area contributed by atoms with Crippen LogP contribution in [0.5, 0.6) is 5.75 Å². The van der Waals surface area contributed by atoms with Gasteiger partial charge in [0.15, 0.2) is 6.10 Å². The minimum atomic E-state index is -3.93. The molecule has 8 nitrogen and oxygen atoms in total. The van der Waals surface area contributed by atoms with Gasteiger partial charge in [-0.05, 0) is 75.1 Å². The molecule has 2 aromatic carbocycles. The Morgan fingerprint density at radius 2 is 1.85 bits per heavy atom. The number of sulfonamides is 1. The molecule has 2 aromatic rings. The van der Waals surface area contributed by atoms with Crippen molar-refractivity contribution < 1.29 is 27.5 Å². The van der Waals surface area contributed by atoms with E-state index in [4.69, 9.17) is 9.47 Å². The fourth-order valence-electron chi connectivity index (χ4n) is 4.10.